The van der Waals surface area contributed by atoms with Crippen LogP contribution in [0.15, 0.2) is 24.3 Å². The molecule has 0 heterocycles. The molecule has 27 heavy (non-hydrogen) atoms. The SMILES string of the molecule is CC(CS(=O)(=O)Nc1cccc(F)c1)C(=O)NCC(=O)NC1CCCCC1. The van der Waals surface area contributed by atoms with Crippen LogP contribution < -0.4 is 15.4 Å². The van der Waals surface area contributed by atoms with Gasteiger partial charge in [-0.1, -0.05) is 32.3 Å². The molecular formula is C18H26FN3O4S. The van der Waals surface area contributed by atoms with Crippen LogP contribution in [-0.2, 0) is 19.6 Å². The van der Waals surface area contributed by atoms with E-state index in [4.69, 9.17) is 0 Å². The van der Waals surface area contributed by atoms with E-state index >= 15 is 0 Å². The van der Waals surface area contributed by atoms with Gasteiger partial charge in [-0.2, -0.15) is 0 Å². The molecule has 0 radical (unpaired) electrons. The minimum Gasteiger partial charge on any atom is -0.352 e. The lowest BCUT2D eigenvalue weighted by Gasteiger charge is -2.23. The second kappa shape index (κ2) is 9.68. The van der Waals surface area contributed by atoms with Gasteiger partial charge in [-0.05, 0) is 31.0 Å². The Morgan fingerprint density at radius 2 is 1.93 bits per heavy atom. The zero-order valence-corrected chi connectivity index (χ0v) is 16.1. The van der Waals surface area contributed by atoms with E-state index in [2.05, 4.69) is 15.4 Å². The Balaban J connectivity index is 1.77. The lowest BCUT2D eigenvalue weighted by Crippen LogP contribution is -2.44. The van der Waals surface area contributed by atoms with E-state index in [1.165, 1.54) is 31.5 Å². The summed E-state index contributed by atoms with van der Waals surface area (Å²) in [6, 6.07) is 5.20. The van der Waals surface area contributed by atoms with E-state index in [0.29, 0.717) is 0 Å². The number of nitrogens with one attached hydrogen (secondary N) is 3. The van der Waals surface area contributed by atoms with Gasteiger partial charge in [0, 0.05) is 6.04 Å². The second-order valence-corrected chi connectivity index (χ2v) is 8.68. The largest absolute Gasteiger partial charge is 0.352 e. The maximum absolute atomic E-state index is 13.1. The molecule has 0 aliphatic heterocycles. The first-order valence-corrected chi connectivity index (χ1v) is 10.7. The highest BCUT2D eigenvalue weighted by Gasteiger charge is 2.23. The molecule has 0 spiro atoms. The van der Waals surface area contributed by atoms with Crippen LogP contribution in [0.3, 0.4) is 0 Å². The number of benzene rings is 1. The van der Waals surface area contributed by atoms with E-state index in [0.717, 1.165) is 31.7 Å². The molecule has 2 amide bonds. The van der Waals surface area contributed by atoms with Crippen molar-refractivity contribution in [1.29, 1.82) is 0 Å². The van der Waals surface area contributed by atoms with Crippen LogP contribution in [0.5, 0.6) is 0 Å². The summed E-state index contributed by atoms with van der Waals surface area (Å²) >= 11 is 0. The molecule has 0 saturated heterocycles. The van der Waals surface area contributed by atoms with Gasteiger partial charge in [-0.25, -0.2) is 12.8 Å². The summed E-state index contributed by atoms with van der Waals surface area (Å²) in [5.74, 6) is -2.70. The van der Waals surface area contributed by atoms with E-state index < -0.39 is 33.4 Å². The molecule has 150 valence electrons. The molecule has 0 bridgehead atoms. The first kappa shape index (κ1) is 21.1. The number of carbonyl (C=O) groups excluding carboxylic acids is 2. The summed E-state index contributed by atoms with van der Waals surface area (Å²) in [7, 11) is -3.83. The standard InChI is InChI=1S/C18H26FN3O4S/c1-13(12-27(25,26)22-16-9-5-6-14(19)10-16)18(24)20-11-17(23)21-15-7-3-2-4-8-15/h5-6,9-10,13,15,22H,2-4,7-8,11-12H2,1H3,(H,20,24)(H,21,23). The Bertz CT molecular complexity index is 764. The molecule has 1 aromatic rings. The Morgan fingerprint density at radius 3 is 2.59 bits per heavy atom. The number of halogens is 1. The van der Waals surface area contributed by atoms with E-state index in [1.807, 2.05) is 0 Å². The minimum atomic E-state index is -3.83. The molecule has 7 nitrogen and oxygen atoms in total. The van der Waals surface area contributed by atoms with Crippen LogP contribution in [0.25, 0.3) is 0 Å². The summed E-state index contributed by atoms with van der Waals surface area (Å²) < 4.78 is 39.6. The van der Waals surface area contributed by atoms with E-state index in [-0.39, 0.29) is 24.2 Å². The molecule has 3 N–H and O–H groups in total. The van der Waals surface area contributed by atoms with Gasteiger partial charge in [0.15, 0.2) is 0 Å². The van der Waals surface area contributed by atoms with Crippen LogP contribution in [0.4, 0.5) is 10.1 Å². The third-order valence-electron chi connectivity index (χ3n) is 4.41. The molecule has 1 unspecified atom stereocenters. The summed E-state index contributed by atoms with van der Waals surface area (Å²) in [5, 5.41) is 5.34. The smallest absolute Gasteiger partial charge is 0.239 e. The van der Waals surface area contributed by atoms with Gasteiger partial charge in [-0.3, -0.25) is 14.3 Å². The van der Waals surface area contributed by atoms with Gasteiger partial charge >= 0.3 is 0 Å². The van der Waals surface area contributed by atoms with Crippen LogP contribution >= 0.6 is 0 Å². The Labute approximate surface area is 159 Å². The average Bonchev–Trinajstić information content (AvgIpc) is 2.59. The highest BCUT2D eigenvalue weighted by molar-refractivity contribution is 7.92. The van der Waals surface area contributed by atoms with Crippen LogP contribution in [0.2, 0.25) is 0 Å². The zero-order chi connectivity index (χ0) is 19.9. The number of amides is 2. The van der Waals surface area contributed by atoms with Gasteiger partial charge in [0.05, 0.1) is 23.9 Å². The van der Waals surface area contributed by atoms with E-state index in [9.17, 15) is 22.4 Å². The summed E-state index contributed by atoms with van der Waals surface area (Å²) in [5.41, 5.74) is 0.0921. The number of hydrogen-bond acceptors (Lipinski definition) is 4. The highest BCUT2D eigenvalue weighted by atomic mass is 32.2. The monoisotopic (exact) mass is 399 g/mol. The first-order valence-electron chi connectivity index (χ1n) is 9.08. The molecule has 1 fully saturated rings. The maximum atomic E-state index is 13.1. The molecule has 0 aromatic heterocycles. The van der Waals surface area contributed by atoms with Crippen molar-refractivity contribution in [2.24, 2.45) is 5.92 Å². The fourth-order valence-corrected chi connectivity index (χ4v) is 4.42. The Hall–Kier alpha value is -2.16. The van der Waals surface area contributed by atoms with Crippen molar-refractivity contribution in [2.45, 2.75) is 45.1 Å². The minimum absolute atomic E-state index is 0.0921. The topological polar surface area (TPSA) is 104 Å². The van der Waals surface area contributed by atoms with Crippen molar-refractivity contribution in [3.05, 3.63) is 30.1 Å². The highest BCUT2D eigenvalue weighted by Crippen LogP contribution is 2.17. The fourth-order valence-electron chi connectivity index (χ4n) is 3.05. The van der Waals surface area contributed by atoms with Crippen molar-refractivity contribution in [3.63, 3.8) is 0 Å². The Kier molecular flexibility index (Phi) is 7.58. The molecule has 9 heteroatoms. The number of anilines is 1. The second-order valence-electron chi connectivity index (χ2n) is 6.92. The average molecular weight is 399 g/mol. The summed E-state index contributed by atoms with van der Waals surface area (Å²) in [4.78, 5) is 24.0. The molecule has 1 saturated carbocycles. The zero-order valence-electron chi connectivity index (χ0n) is 15.3. The van der Waals surface area contributed by atoms with Crippen molar-refractivity contribution in [3.8, 4) is 0 Å². The van der Waals surface area contributed by atoms with Crippen molar-refractivity contribution in [1.82, 2.24) is 10.6 Å². The predicted molar refractivity (Wildman–Crippen MR) is 101 cm³/mol. The normalized spacial score (nSPS) is 16.4. The number of carbonyl (C=O) groups is 2. The third-order valence-corrected chi connectivity index (χ3v) is 5.89. The third kappa shape index (κ3) is 7.54. The maximum Gasteiger partial charge on any atom is 0.239 e. The number of rotatable bonds is 8. The van der Waals surface area contributed by atoms with E-state index in [1.54, 1.807) is 0 Å². The quantitative estimate of drug-likeness (QED) is 0.620. The van der Waals surface area contributed by atoms with Gasteiger partial charge in [0.1, 0.15) is 5.82 Å². The molecule has 1 aliphatic carbocycles. The Morgan fingerprint density at radius 1 is 1.22 bits per heavy atom. The van der Waals surface area contributed by atoms with Crippen molar-refractivity contribution >= 4 is 27.5 Å². The number of hydrogen-bond donors (Lipinski definition) is 3. The molecule has 1 aliphatic rings. The predicted octanol–water partition coefficient (Wildman–Crippen LogP) is 1.77. The lowest BCUT2D eigenvalue weighted by atomic mass is 9.95. The van der Waals surface area contributed by atoms with Gasteiger partial charge < -0.3 is 10.6 Å². The van der Waals surface area contributed by atoms with Crippen molar-refractivity contribution < 1.29 is 22.4 Å². The van der Waals surface area contributed by atoms with Crippen molar-refractivity contribution in [2.75, 3.05) is 17.0 Å². The van der Waals surface area contributed by atoms with Crippen LogP contribution in [-0.4, -0.2) is 38.6 Å². The summed E-state index contributed by atoms with van der Waals surface area (Å²) in [6.07, 6.45) is 5.24. The molecule has 1 atom stereocenters. The molecule has 1 aromatic carbocycles. The first-order chi connectivity index (χ1) is 12.7. The fraction of sp³-hybridized carbons (Fsp3) is 0.556. The molecule has 2 rings (SSSR count). The number of sulfonamides is 1. The van der Waals surface area contributed by atoms with Gasteiger partial charge in [0.25, 0.3) is 0 Å². The van der Waals surface area contributed by atoms with Crippen LogP contribution in [0, 0.1) is 11.7 Å². The van der Waals surface area contributed by atoms with Crippen LogP contribution in [0.1, 0.15) is 39.0 Å². The lowest BCUT2D eigenvalue weighted by molar-refractivity contribution is -0.128. The van der Waals surface area contributed by atoms with Gasteiger partial charge in [0.2, 0.25) is 21.8 Å². The summed E-state index contributed by atoms with van der Waals surface area (Å²) in [6.45, 7) is 1.27. The van der Waals surface area contributed by atoms with Gasteiger partial charge in [-0.15, -0.1) is 0 Å². The molecular weight excluding hydrogens is 373 g/mol.